The number of hydrogen-bond donors (Lipinski definition) is 1. The first-order valence-electron chi connectivity index (χ1n) is 18.5. The highest BCUT2D eigenvalue weighted by Crippen LogP contribution is 2.29. The van der Waals surface area contributed by atoms with E-state index in [4.69, 9.17) is 14.2 Å². The lowest BCUT2D eigenvalue weighted by Gasteiger charge is -2.15. The highest BCUT2D eigenvalue weighted by molar-refractivity contribution is 5.70. The smallest absolute Gasteiger partial charge is 0.306 e. The second-order valence-corrected chi connectivity index (χ2v) is 13.2. The van der Waals surface area contributed by atoms with Gasteiger partial charge in [-0.25, -0.2) is 0 Å². The minimum Gasteiger partial charge on any atom is -0.462 e. The van der Waals surface area contributed by atoms with Crippen LogP contribution in [0.3, 0.4) is 0 Å². The van der Waals surface area contributed by atoms with Crippen molar-refractivity contribution in [2.45, 2.75) is 180 Å². The number of aliphatic hydroxyl groups is 1. The van der Waals surface area contributed by atoms with Crippen molar-refractivity contribution in [3.8, 4) is 0 Å². The molecule has 1 aliphatic heterocycles. The Labute approximate surface area is 276 Å². The van der Waals surface area contributed by atoms with Gasteiger partial charge in [-0.1, -0.05) is 134 Å². The number of allylic oxidation sites excluding steroid dienone is 4. The molecule has 0 aliphatic carbocycles. The molecule has 0 aromatic rings. The zero-order valence-corrected chi connectivity index (χ0v) is 29.2. The maximum atomic E-state index is 12.2. The molecular weight excluding hydrogens is 564 g/mol. The first kappa shape index (κ1) is 41.1. The summed E-state index contributed by atoms with van der Waals surface area (Å²) in [4.78, 5) is 24.2. The Morgan fingerprint density at radius 1 is 0.689 bits per heavy atom. The molecular formula is C39H68O6. The lowest BCUT2D eigenvalue weighted by Crippen LogP contribution is -2.28. The van der Waals surface area contributed by atoms with Gasteiger partial charge in [-0.3, -0.25) is 9.59 Å². The molecule has 1 fully saturated rings. The second-order valence-electron chi connectivity index (χ2n) is 13.2. The van der Waals surface area contributed by atoms with E-state index in [9.17, 15) is 14.7 Å². The first-order valence-corrected chi connectivity index (χ1v) is 18.5. The predicted molar refractivity (Wildman–Crippen MR) is 186 cm³/mol. The monoisotopic (exact) mass is 633 g/mol. The molecule has 0 radical (unpaired) electrons. The highest BCUT2D eigenvalue weighted by Gasteiger charge is 2.35. The Balaban J connectivity index is 1.96. The molecule has 0 amide bonds. The number of hydrogen-bond acceptors (Lipinski definition) is 6. The molecule has 0 saturated carbocycles. The number of rotatable bonds is 31. The number of ether oxygens (including phenoxy) is 3. The molecule has 1 heterocycles. The average Bonchev–Trinajstić information content (AvgIpc) is 3.78. The summed E-state index contributed by atoms with van der Waals surface area (Å²) in [6.45, 7) is 6.37. The number of epoxide rings is 1. The van der Waals surface area contributed by atoms with Gasteiger partial charge in [0.1, 0.15) is 6.61 Å². The van der Waals surface area contributed by atoms with Crippen molar-refractivity contribution in [2.24, 2.45) is 5.92 Å². The zero-order valence-electron chi connectivity index (χ0n) is 29.2. The van der Waals surface area contributed by atoms with Crippen molar-refractivity contribution in [1.29, 1.82) is 0 Å². The topological polar surface area (TPSA) is 85.4 Å². The average molecular weight is 633 g/mol. The van der Waals surface area contributed by atoms with E-state index in [-0.39, 0.29) is 31.6 Å². The number of unbranched alkanes of at least 4 members (excludes halogenated alkanes) is 13. The van der Waals surface area contributed by atoms with Crippen molar-refractivity contribution in [1.82, 2.24) is 0 Å². The lowest BCUT2D eigenvalue weighted by atomic mass is 10.0. The minimum atomic E-state index is -0.804. The number of esters is 2. The molecule has 0 aromatic heterocycles. The maximum Gasteiger partial charge on any atom is 0.306 e. The summed E-state index contributed by atoms with van der Waals surface area (Å²) >= 11 is 0. The summed E-state index contributed by atoms with van der Waals surface area (Å²) in [5.41, 5.74) is 0. The quantitative estimate of drug-likeness (QED) is 0.0354. The Morgan fingerprint density at radius 2 is 1.24 bits per heavy atom. The molecule has 0 spiro atoms. The van der Waals surface area contributed by atoms with Gasteiger partial charge in [-0.05, 0) is 57.3 Å². The number of carbonyl (C=O) groups excluding carboxylic acids is 2. The number of carbonyl (C=O) groups is 2. The van der Waals surface area contributed by atoms with Crippen LogP contribution in [0.2, 0.25) is 0 Å². The molecule has 6 heteroatoms. The van der Waals surface area contributed by atoms with Crippen molar-refractivity contribution in [3.63, 3.8) is 0 Å². The van der Waals surface area contributed by atoms with Crippen LogP contribution < -0.4 is 0 Å². The fraction of sp³-hybridized carbons (Fsp3) is 0.795. The molecule has 0 bridgehead atoms. The van der Waals surface area contributed by atoms with E-state index < -0.39 is 6.10 Å². The van der Waals surface area contributed by atoms with Gasteiger partial charge in [0.25, 0.3) is 0 Å². The molecule has 6 nitrogen and oxygen atoms in total. The van der Waals surface area contributed by atoms with Gasteiger partial charge in [-0.2, -0.15) is 0 Å². The predicted octanol–water partition coefficient (Wildman–Crippen LogP) is 10.1. The summed E-state index contributed by atoms with van der Waals surface area (Å²) in [5, 5.41) is 9.54. The standard InChI is InChI=1S/C39H68O6/c1-4-5-6-7-8-11-15-18-23-28-36-37(45-36)29-24-20-21-26-31-39(42)44-35(32-40)33-43-38(41)30-25-19-16-13-10-9-12-14-17-22-27-34(2)3/h8,11,18,20,23-24,34-37,40H,4-7,9-10,12-17,19,21-22,25-33H2,1-3H3/b11-8-,23-18-,24-20-/t35-,36?,37?/m0/s1. The Bertz CT molecular complexity index is 801. The van der Waals surface area contributed by atoms with Crippen LogP contribution in [0.15, 0.2) is 36.5 Å². The zero-order chi connectivity index (χ0) is 32.8. The summed E-state index contributed by atoms with van der Waals surface area (Å²) in [6.07, 6.45) is 36.6. The van der Waals surface area contributed by atoms with E-state index in [0.717, 1.165) is 50.9 Å². The highest BCUT2D eigenvalue weighted by atomic mass is 16.6. The third kappa shape index (κ3) is 27.0. The molecule has 1 N–H and O–H groups in total. The Hall–Kier alpha value is -1.92. The summed E-state index contributed by atoms with van der Waals surface area (Å²) < 4.78 is 16.3. The summed E-state index contributed by atoms with van der Waals surface area (Å²) in [7, 11) is 0. The van der Waals surface area contributed by atoms with Gasteiger partial charge in [0.15, 0.2) is 6.10 Å². The third-order valence-corrected chi connectivity index (χ3v) is 8.27. The van der Waals surface area contributed by atoms with Crippen LogP contribution in [0.5, 0.6) is 0 Å². The van der Waals surface area contributed by atoms with Crippen LogP contribution in [0.4, 0.5) is 0 Å². The van der Waals surface area contributed by atoms with E-state index in [1.165, 1.54) is 77.0 Å². The van der Waals surface area contributed by atoms with Gasteiger partial charge >= 0.3 is 11.9 Å². The fourth-order valence-electron chi connectivity index (χ4n) is 5.30. The van der Waals surface area contributed by atoms with E-state index in [2.05, 4.69) is 57.2 Å². The van der Waals surface area contributed by atoms with Crippen LogP contribution >= 0.6 is 0 Å². The largest absolute Gasteiger partial charge is 0.462 e. The molecule has 1 rings (SSSR count). The Morgan fingerprint density at radius 3 is 1.89 bits per heavy atom. The summed E-state index contributed by atoms with van der Waals surface area (Å²) in [5.74, 6) is 0.156. The van der Waals surface area contributed by atoms with Crippen molar-refractivity contribution >= 4 is 11.9 Å². The van der Waals surface area contributed by atoms with Crippen LogP contribution in [-0.4, -0.2) is 48.6 Å². The SMILES string of the molecule is CCCCC/C=C\C/C=C\CC1OC1C/C=C\CCCC(=O)O[C@@H](CO)COC(=O)CCCCCCCCCCCCC(C)C. The van der Waals surface area contributed by atoms with Gasteiger partial charge in [0, 0.05) is 12.8 Å². The molecule has 1 saturated heterocycles. The van der Waals surface area contributed by atoms with Gasteiger partial charge in [0.2, 0.25) is 0 Å². The lowest BCUT2D eigenvalue weighted by molar-refractivity contribution is -0.161. The molecule has 2 unspecified atom stereocenters. The van der Waals surface area contributed by atoms with Crippen LogP contribution in [0.1, 0.15) is 162 Å². The van der Waals surface area contributed by atoms with Gasteiger partial charge in [0.05, 0.1) is 18.8 Å². The second kappa shape index (κ2) is 29.5. The van der Waals surface area contributed by atoms with E-state index in [1.54, 1.807) is 0 Å². The fourth-order valence-corrected chi connectivity index (χ4v) is 5.30. The molecule has 3 atom stereocenters. The summed E-state index contributed by atoms with van der Waals surface area (Å²) in [6, 6.07) is 0. The third-order valence-electron chi connectivity index (χ3n) is 8.27. The minimum absolute atomic E-state index is 0.0916. The van der Waals surface area contributed by atoms with Crippen LogP contribution in [0, 0.1) is 5.92 Å². The van der Waals surface area contributed by atoms with E-state index in [1.807, 2.05) is 0 Å². The van der Waals surface area contributed by atoms with Gasteiger partial charge < -0.3 is 19.3 Å². The van der Waals surface area contributed by atoms with Crippen LogP contribution in [-0.2, 0) is 23.8 Å². The molecule has 1 aliphatic rings. The van der Waals surface area contributed by atoms with Crippen LogP contribution in [0.25, 0.3) is 0 Å². The van der Waals surface area contributed by atoms with Crippen molar-refractivity contribution in [2.75, 3.05) is 13.2 Å². The van der Waals surface area contributed by atoms with E-state index in [0.29, 0.717) is 25.0 Å². The normalized spacial score (nSPS) is 17.2. The van der Waals surface area contributed by atoms with Gasteiger partial charge in [-0.15, -0.1) is 0 Å². The molecule has 0 aromatic carbocycles. The molecule has 260 valence electrons. The Kier molecular flexibility index (Phi) is 26.9. The maximum absolute atomic E-state index is 12.2. The first-order chi connectivity index (χ1) is 22.0. The number of aliphatic hydroxyl groups excluding tert-OH is 1. The molecule has 45 heavy (non-hydrogen) atoms. The van der Waals surface area contributed by atoms with E-state index >= 15 is 0 Å². The van der Waals surface area contributed by atoms with Crippen molar-refractivity contribution in [3.05, 3.63) is 36.5 Å². The van der Waals surface area contributed by atoms with Crippen molar-refractivity contribution < 1.29 is 28.9 Å².